The highest BCUT2D eigenvalue weighted by atomic mass is 16.3. The fraction of sp³-hybridized carbons (Fsp3) is 0.714. The predicted octanol–water partition coefficient (Wildman–Crippen LogP) is -2.82. The molecule has 0 aromatic carbocycles. The number of likely N-dealkylation sites (N-methyl/N-ethyl adjacent to an activating group) is 1. The number of carbonyl (C=O) groups excluding carboxylic acids is 4. The van der Waals surface area contributed by atoms with Crippen LogP contribution in [0.25, 0.3) is 0 Å². The van der Waals surface area contributed by atoms with E-state index in [1.54, 1.807) is 6.92 Å². The van der Waals surface area contributed by atoms with Crippen LogP contribution >= 0.6 is 0 Å². The van der Waals surface area contributed by atoms with E-state index in [2.05, 4.69) is 26.6 Å². The van der Waals surface area contributed by atoms with Crippen LogP contribution in [0.5, 0.6) is 0 Å². The van der Waals surface area contributed by atoms with Crippen LogP contribution in [0.15, 0.2) is 0 Å². The van der Waals surface area contributed by atoms with Gasteiger partial charge in [-0.25, -0.2) is 0 Å². The maximum atomic E-state index is 12.0. The van der Waals surface area contributed by atoms with E-state index in [-0.39, 0.29) is 19.2 Å². The van der Waals surface area contributed by atoms with Crippen molar-refractivity contribution in [1.29, 1.82) is 0 Å². The van der Waals surface area contributed by atoms with Gasteiger partial charge in [0.05, 0.1) is 13.3 Å². The summed E-state index contributed by atoms with van der Waals surface area (Å²) in [6, 6.07) is -2.31. The Hall–Kier alpha value is -2.20. The van der Waals surface area contributed by atoms with Crippen LogP contribution in [0.3, 0.4) is 0 Å². The molecule has 24 heavy (non-hydrogen) atoms. The first-order valence-electron chi connectivity index (χ1n) is 7.67. The highest BCUT2D eigenvalue weighted by Gasteiger charge is 2.22. The highest BCUT2D eigenvalue weighted by Crippen LogP contribution is 1.93. The summed E-state index contributed by atoms with van der Waals surface area (Å²) in [7, 11) is 1.52. The van der Waals surface area contributed by atoms with E-state index in [0.29, 0.717) is 6.42 Å². The number of nitrogens with one attached hydrogen (secondary N) is 5. The van der Waals surface area contributed by atoms with Gasteiger partial charge in [-0.05, 0) is 20.4 Å². The van der Waals surface area contributed by atoms with Crippen LogP contribution in [0.4, 0.5) is 0 Å². The molecule has 0 aliphatic carbocycles. The second kappa shape index (κ2) is 11.4. The zero-order valence-electron chi connectivity index (χ0n) is 14.4. The monoisotopic (exact) mass is 345 g/mol. The standard InChI is InChI=1S/C14H27N5O5/c1-5-10(19-9(3)21)14(24)18-8(2)12(22)16-7-17-13(23)11(6-20)15-4/h8,10-11,15,20H,5-7H2,1-4H3,(H,16,22)(H,17,23)(H,18,24)(H,19,21). The normalized spacial score (nSPS) is 14.0. The lowest BCUT2D eigenvalue weighted by Gasteiger charge is -2.20. The third-order valence-electron chi connectivity index (χ3n) is 3.23. The van der Waals surface area contributed by atoms with E-state index in [1.165, 1.54) is 20.9 Å². The van der Waals surface area contributed by atoms with E-state index in [9.17, 15) is 19.2 Å². The number of amides is 4. The molecule has 10 nitrogen and oxygen atoms in total. The van der Waals surface area contributed by atoms with E-state index in [1.807, 2.05) is 0 Å². The van der Waals surface area contributed by atoms with Crippen molar-refractivity contribution in [3.05, 3.63) is 0 Å². The summed E-state index contributed by atoms with van der Waals surface area (Å²) >= 11 is 0. The molecule has 0 aromatic rings. The first-order valence-corrected chi connectivity index (χ1v) is 7.67. The Morgan fingerprint density at radius 1 is 0.958 bits per heavy atom. The molecule has 0 aromatic heterocycles. The van der Waals surface area contributed by atoms with Crippen molar-refractivity contribution < 1.29 is 24.3 Å². The Kier molecular flexibility index (Phi) is 10.3. The fourth-order valence-electron chi connectivity index (χ4n) is 1.78. The van der Waals surface area contributed by atoms with Gasteiger partial charge in [0, 0.05) is 6.92 Å². The average molecular weight is 345 g/mol. The lowest BCUT2D eigenvalue weighted by Crippen LogP contribution is -2.54. The lowest BCUT2D eigenvalue weighted by molar-refractivity contribution is -0.131. The summed E-state index contributed by atoms with van der Waals surface area (Å²) in [5, 5.41) is 21.4. The Labute approximate surface area is 141 Å². The molecule has 6 N–H and O–H groups in total. The SMILES string of the molecule is CCC(NC(C)=O)C(=O)NC(C)C(=O)NCNC(=O)C(CO)NC. The topological polar surface area (TPSA) is 149 Å². The maximum absolute atomic E-state index is 12.0. The van der Waals surface area contributed by atoms with Gasteiger partial charge in [0.25, 0.3) is 0 Å². The van der Waals surface area contributed by atoms with Crippen molar-refractivity contribution >= 4 is 23.6 Å². The Balaban J connectivity index is 4.30. The minimum Gasteiger partial charge on any atom is -0.394 e. The minimum atomic E-state index is -0.838. The molecule has 0 rings (SSSR count). The molecule has 0 saturated carbocycles. The zero-order chi connectivity index (χ0) is 18.7. The first kappa shape index (κ1) is 21.8. The predicted molar refractivity (Wildman–Crippen MR) is 86.6 cm³/mol. The second-order valence-corrected chi connectivity index (χ2v) is 5.17. The Morgan fingerprint density at radius 3 is 2.00 bits per heavy atom. The summed E-state index contributed by atoms with van der Waals surface area (Å²) in [5.74, 6) is -1.75. The molecule has 138 valence electrons. The molecule has 0 fully saturated rings. The maximum Gasteiger partial charge on any atom is 0.243 e. The van der Waals surface area contributed by atoms with Crippen LogP contribution in [-0.4, -0.2) is 67.2 Å². The quantitative estimate of drug-likeness (QED) is 0.235. The average Bonchev–Trinajstić information content (AvgIpc) is 2.53. The van der Waals surface area contributed by atoms with Crippen molar-refractivity contribution in [3.63, 3.8) is 0 Å². The zero-order valence-corrected chi connectivity index (χ0v) is 14.4. The van der Waals surface area contributed by atoms with Crippen LogP contribution < -0.4 is 26.6 Å². The fourth-order valence-corrected chi connectivity index (χ4v) is 1.78. The molecule has 0 aliphatic rings. The van der Waals surface area contributed by atoms with Gasteiger partial charge < -0.3 is 31.7 Å². The Morgan fingerprint density at radius 2 is 1.54 bits per heavy atom. The van der Waals surface area contributed by atoms with E-state index in [0.717, 1.165) is 0 Å². The molecule has 10 heteroatoms. The number of carbonyl (C=O) groups is 4. The highest BCUT2D eigenvalue weighted by molar-refractivity contribution is 5.91. The van der Waals surface area contributed by atoms with Crippen LogP contribution in [-0.2, 0) is 19.2 Å². The first-order chi connectivity index (χ1) is 11.3. The molecule has 0 radical (unpaired) electrons. The van der Waals surface area contributed by atoms with Crippen LogP contribution in [0.1, 0.15) is 27.2 Å². The molecule has 0 aliphatic heterocycles. The van der Waals surface area contributed by atoms with Crippen molar-refractivity contribution in [2.45, 2.75) is 45.3 Å². The van der Waals surface area contributed by atoms with Gasteiger partial charge in [-0.3, -0.25) is 19.2 Å². The molecule has 0 spiro atoms. The van der Waals surface area contributed by atoms with Gasteiger partial charge in [0.1, 0.15) is 18.1 Å². The number of rotatable bonds is 10. The van der Waals surface area contributed by atoms with Gasteiger partial charge in [-0.2, -0.15) is 0 Å². The van der Waals surface area contributed by atoms with Gasteiger partial charge in [0.2, 0.25) is 23.6 Å². The van der Waals surface area contributed by atoms with E-state index in [4.69, 9.17) is 5.11 Å². The molecule has 3 atom stereocenters. The molecule has 0 heterocycles. The van der Waals surface area contributed by atoms with E-state index >= 15 is 0 Å². The van der Waals surface area contributed by atoms with Gasteiger partial charge in [0.15, 0.2) is 0 Å². The lowest BCUT2D eigenvalue weighted by atomic mass is 10.2. The number of aliphatic hydroxyl groups is 1. The van der Waals surface area contributed by atoms with Crippen molar-refractivity contribution in [2.24, 2.45) is 0 Å². The molecule has 4 amide bonds. The number of aliphatic hydroxyl groups excluding tert-OH is 1. The number of hydrogen-bond acceptors (Lipinski definition) is 6. The van der Waals surface area contributed by atoms with E-state index < -0.39 is 35.8 Å². The minimum absolute atomic E-state index is 0.140. The molecular weight excluding hydrogens is 318 g/mol. The Bertz CT molecular complexity index is 453. The smallest absolute Gasteiger partial charge is 0.243 e. The molecular formula is C14H27N5O5. The van der Waals surface area contributed by atoms with Crippen molar-refractivity contribution in [2.75, 3.05) is 20.3 Å². The van der Waals surface area contributed by atoms with Gasteiger partial charge in [-0.1, -0.05) is 6.92 Å². The van der Waals surface area contributed by atoms with Crippen LogP contribution in [0, 0.1) is 0 Å². The summed E-state index contributed by atoms with van der Waals surface area (Å²) in [5.41, 5.74) is 0. The second-order valence-electron chi connectivity index (χ2n) is 5.17. The summed E-state index contributed by atoms with van der Waals surface area (Å²) < 4.78 is 0. The summed E-state index contributed by atoms with van der Waals surface area (Å²) in [6.45, 7) is 4.02. The van der Waals surface area contributed by atoms with Crippen molar-refractivity contribution in [1.82, 2.24) is 26.6 Å². The summed E-state index contributed by atoms with van der Waals surface area (Å²) in [6.07, 6.45) is 0.391. The van der Waals surface area contributed by atoms with Gasteiger partial charge in [-0.15, -0.1) is 0 Å². The van der Waals surface area contributed by atoms with Crippen LogP contribution in [0.2, 0.25) is 0 Å². The number of hydrogen-bond donors (Lipinski definition) is 6. The molecule has 3 unspecified atom stereocenters. The largest absolute Gasteiger partial charge is 0.394 e. The molecule has 0 saturated heterocycles. The summed E-state index contributed by atoms with van der Waals surface area (Å²) in [4.78, 5) is 46.4. The van der Waals surface area contributed by atoms with Crippen molar-refractivity contribution in [3.8, 4) is 0 Å². The van der Waals surface area contributed by atoms with Gasteiger partial charge >= 0.3 is 0 Å². The third kappa shape index (κ3) is 7.88. The third-order valence-corrected chi connectivity index (χ3v) is 3.23. The molecule has 0 bridgehead atoms.